The van der Waals surface area contributed by atoms with Crippen LogP contribution >= 0.6 is 11.6 Å². The van der Waals surface area contributed by atoms with E-state index in [1.807, 2.05) is 6.07 Å². The van der Waals surface area contributed by atoms with E-state index >= 15 is 0 Å². The third-order valence-corrected chi connectivity index (χ3v) is 3.73. The summed E-state index contributed by atoms with van der Waals surface area (Å²) in [5.74, 6) is 1.17. The molecule has 0 radical (unpaired) electrons. The highest BCUT2D eigenvalue weighted by Crippen LogP contribution is 2.16. The van der Waals surface area contributed by atoms with E-state index < -0.39 is 6.04 Å². The van der Waals surface area contributed by atoms with Gasteiger partial charge in [-0.3, -0.25) is 4.79 Å². The number of carbonyl (C=O) groups is 1. The van der Waals surface area contributed by atoms with E-state index in [-0.39, 0.29) is 16.8 Å². The van der Waals surface area contributed by atoms with Gasteiger partial charge in [-0.1, -0.05) is 17.7 Å². The molecule has 0 spiro atoms. The molecule has 9 heteroatoms. The molecular formula is C17H14ClN7O. The Balaban J connectivity index is 1.86. The summed E-state index contributed by atoms with van der Waals surface area (Å²) in [5.41, 5.74) is 0.657. The molecule has 0 bridgehead atoms. The van der Waals surface area contributed by atoms with Gasteiger partial charge in [0.2, 0.25) is 0 Å². The minimum atomic E-state index is -0.457. The van der Waals surface area contributed by atoms with Crippen molar-refractivity contribution in [3.05, 3.63) is 64.6 Å². The Labute approximate surface area is 154 Å². The van der Waals surface area contributed by atoms with Crippen molar-refractivity contribution in [2.75, 3.05) is 0 Å². The first kappa shape index (κ1) is 17.5. The zero-order valence-corrected chi connectivity index (χ0v) is 14.8. The zero-order chi connectivity index (χ0) is 18.7. The molecule has 0 saturated carbocycles. The second-order valence-corrected chi connectivity index (χ2v) is 5.87. The molecule has 3 aromatic rings. The van der Waals surface area contributed by atoms with E-state index in [1.165, 1.54) is 10.9 Å². The number of nitrogens with one attached hydrogen (secondary N) is 1. The van der Waals surface area contributed by atoms with Crippen molar-refractivity contribution < 1.29 is 4.79 Å². The molecule has 0 saturated heterocycles. The number of aryl methyl sites for hydroxylation is 1. The Kier molecular flexibility index (Phi) is 4.91. The highest BCUT2D eigenvalue weighted by atomic mass is 35.5. The number of hydrogen-bond donors (Lipinski definition) is 1. The summed E-state index contributed by atoms with van der Waals surface area (Å²) in [6, 6.07) is 9.69. The molecular weight excluding hydrogens is 354 g/mol. The predicted octanol–water partition coefficient (Wildman–Crippen LogP) is 2.38. The van der Waals surface area contributed by atoms with Gasteiger partial charge in [-0.2, -0.15) is 9.94 Å². The number of aromatic nitrogens is 5. The lowest BCUT2D eigenvalue weighted by molar-refractivity contribution is 0.0933. The van der Waals surface area contributed by atoms with Crippen molar-refractivity contribution in [3.63, 3.8) is 0 Å². The minimum absolute atomic E-state index is 0.212. The van der Waals surface area contributed by atoms with Gasteiger partial charge in [0.05, 0.1) is 11.6 Å². The average Bonchev–Trinajstić information content (AvgIpc) is 3.03. The molecule has 1 atom stereocenters. The average molecular weight is 368 g/mol. The highest BCUT2D eigenvalue weighted by molar-refractivity contribution is 6.29. The van der Waals surface area contributed by atoms with Gasteiger partial charge in [0, 0.05) is 6.20 Å². The van der Waals surface area contributed by atoms with Crippen LogP contribution in [0.4, 0.5) is 0 Å². The summed E-state index contributed by atoms with van der Waals surface area (Å²) in [6.07, 6.45) is 1.45. The first-order chi connectivity index (χ1) is 12.5. The van der Waals surface area contributed by atoms with Gasteiger partial charge in [-0.25, -0.2) is 15.0 Å². The van der Waals surface area contributed by atoms with Crippen LogP contribution in [0.2, 0.25) is 5.15 Å². The molecule has 8 nitrogen and oxygen atoms in total. The SMILES string of the molecule is Cc1nc([C@H](C)NC(=O)c2cccc(Cl)n2)n(-c2ccc(C#N)cn2)n1. The fourth-order valence-corrected chi connectivity index (χ4v) is 2.49. The molecule has 1 N–H and O–H groups in total. The second kappa shape index (κ2) is 7.29. The molecule has 3 heterocycles. The maximum absolute atomic E-state index is 12.4. The number of halogens is 1. The Morgan fingerprint density at radius 2 is 2.12 bits per heavy atom. The normalized spacial score (nSPS) is 11.6. The largest absolute Gasteiger partial charge is 0.341 e. The van der Waals surface area contributed by atoms with Crippen molar-refractivity contribution >= 4 is 17.5 Å². The quantitative estimate of drug-likeness (QED) is 0.709. The highest BCUT2D eigenvalue weighted by Gasteiger charge is 2.20. The van der Waals surface area contributed by atoms with Crippen molar-refractivity contribution in [2.45, 2.75) is 19.9 Å². The maximum atomic E-state index is 12.4. The standard InChI is InChI=1S/C17H14ClN7O/c1-10(21-17(26)13-4-3-5-14(18)23-13)16-22-11(2)24-25(16)15-7-6-12(8-19)9-20-15/h3-7,9-10H,1-2H3,(H,21,26)/t10-/m0/s1. The summed E-state index contributed by atoms with van der Waals surface area (Å²) >= 11 is 5.83. The molecule has 3 aromatic heterocycles. The molecule has 0 aliphatic rings. The van der Waals surface area contributed by atoms with Gasteiger partial charge >= 0.3 is 0 Å². The van der Waals surface area contributed by atoms with Gasteiger partial charge in [-0.15, -0.1) is 5.10 Å². The molecule has 0 aliphatic heterocycles. The number of nitrogens with zero attached hydrogens (tertiary/aromatic N) is 6. The minimum Gasteiger partial charge on any atom is -0.341 e. The summed E-state index contributed by atoms with van der Waals surface area (Å²) < 4.78 is 1.53. The second-order valence-electron chi connectivity index (χ2n) is 5.49. The third kappa shape index (κ3) is 3.68. The first-order valence-electron chi connectivity index (χ1n) is 7.71. The van der Waals surface area contributed by atoms with E-state index in [9.17, 15) is 4.79 Å². The van der Waals surface area contributed by atoms with Crippen LogP contribution in [0.1, 0.15) is 40.7 Å². The van der Waals surface area contributed by atoms with Crippen LogP contribution in [0.5, 0.6) is 0 Å². The van der Waals surface area contributed by atoms with E-state index in [0.717, 1.165) is 0 Å². The fourth-order valence-electron chi connectivity index (χ4n) is 2.33. The Hall–Kier alpha value is -3.31. The smallest absolute Gasteiger partial charge is 0.270 e. The summed E-state index contributed by atoms with van der Waals surface area (Å²) in [6.45, 7) is 3.53. The number of hydrogen-bond acceptors (Lipinski definition) is 6. The van der Waals surface area contributed by atoms with Crippen LogP contribution in [0, 0.1) is 18.3 Å². The fraction of sp³-hybridized carbons (Fsp3) is 0.176. The Morgan fingerprint density at radius 3 is 2.77 bits per heavy atom. The summed E-state index contributed by atoms with van der Waals surface area (Å²) in [5, 5.41) is 16.3. The van der Waals surface area contributed by atoms with E-state index in [0.29, 0.717) is 23.0 Å². The van der Waals surface area contributed by atoms with Crippen LogP contribution in [0.15, 0.2) is 36.5 Å². The number of carbonyl (C=O) groups excluding carboxylic acids is 1. The lowest BCUT2D eigenvalue weighted by Crippen LogP contribution is -2.29. The van der Waals surface area contributed by atoms with Crippen LogP contribution < -0.4 is 5.32 Å². The molecule has 130 valence electrons. The Morgan fingerprint density at radius 1 is 1.31 bits per heavy atom. The number of pyridine rings is 2. The van der Waals surface area contributed by atoms with Gasteiger partial charge in [0.25, 0.3) is 5.91 Å². The van der Waals surface area contributed by atoms with Crippen LogP contribution in [-0.4, -0.2) is 30.6 Å². The van der Waals surface area contributed by atoms with E-state index in [2.05, 4.69) is 25.4 Å². The van der Waals surface area contributed by atoms with E-state index in [4.69, 9.17) is 16.9 Å². The lowest BCUT2D eigenvalue weighted by atomic mass is 10.2. The number of rotatable bonds is 4. The lowest BCUT2D eigenvalue weighted by Gasteiger charge is -2.14. The van der Waals surface area contributed by atoms with Crippen LogP contribution in [-0.2, 0) is 0 Å². The van der Waals surface area contributed by atoms with Gasteiger partial charge < -0.3 is 5.32 Å². The van der Waals surface area contributed by atoms with Crippen molar-refractivity contribution in [2.24, 2.45) is 0 Å². The van der Waals surface area contributed by atoms with Gasteiger partial charge in [0.1, 0.15) is 22.7 Å². The van der Waals surface area contributed by atoms with E-state index in [1.54, 1.807) is 44.2 Å². The van der Waals surface area contributed by atoms with Gasteiger partial charge in [0.15, 0.2) is 11.6 Å². The summed E-state index contributed by atoms with van der Waals surface area (Å²) in [7, 11) is 0. The van der Waals surface area contributed by atoms with Crippen LogP contribution in [0.25, 0.3) is 5.82 Å². The molecule has 26 heavy (non-hydrogen) atoms. The molecule has 1 amide bonds. The maximum Gasteiger partial charge on any atom is 0.270 e. The monoisotopic (exact) mass is 367 g/mol. The molecule has 0 unspecified atom stereocenters. The molecule has 3 rings (SSSR count). The number of amides is 1. The third-order valence-electron chi connectivity index (χ3n) is 3.51. The van der Waals surface area contributed by atoms with Crippen molar-refractivity contribution in [1.82, 2.24) is 30.0 Å². The topological polar surface area (TPSA) is 109 Å². The number of nitriles is 1. The predicted molar refractivity (Wildman–Crippen MR) is 93.7 cm³/mol. The molecule has 0 aromatic carbocycles. The Bertz CT molecular complexity index is 991. The summed E-state index contributed by atoms with van der Waals surface area (Å²) in [4.78, 5) is 25.0. The van der Waals surface area contributed by atoms with Crippen molar-refractivity contribution in [1.29, 1.82) is 5.26 Å². The first-order valence-corrected chi connectivity index (χ1v) is 8.09. The van der Waals surface area contributed by atoms with Crippen molar-refractivity contribution in [3.8, 4) is 11.9 Å². The molecule has 0 aliphatic carbocycles. The zero-order valence-electron chi connectivity index (χ0n) is 14.0. The molecule has 0 fully saturated rings. The van der Waals surface area contributed by atoms with Crippen LogP contribution in [0.3, 0.4) is 0 Å². The van der Waals surface area contributed by atoms with Gasteiger partial charge in [-0.05, 0) is 38.1 Å².